The highest BCUT2D eigenvalue weighted by Gasteiger charge is 2.26. The second-order valence-corrected chi connectivity index (χ2v) is 7.60. The highest BCUT2D eigenvalue weighted by atomic mass is 16.5. The molecule has 2 heterocycles. The number of rotatable bonds is 5. The van der Waals surface area contributed by atoms with E-state index >= 15 is 0 Å². The molecule has 0 unspecified atom stereocenters. The van der Waals surface area contributed by atoms with Gasteiger partial charge in [-0.1, -0.05) is 0 Å². The molecule has 1 aliphatic rings. The molecule has 1 saturated heterocycles. The van der Waals surface area contributed by atoms with Gasteiger partial charge in [-0.3, -0.25) is 9.78 Å². The molecule has 1 atom stereocenters. The quantitative estimate of drug-likeness (QED) is 0.691. The number of hydrogen-bond donors (Lipinski definition) is 1. The fourth-order valence-corrected chi connectivity index (χ4v) is 4.07. The van der Waals surface area contributed by atoms with E-state index in [-0.39, 0.29) is 5.91 Å². The van der Waals surface area contributed by atoms with Crippen LogP contribution in [0.15, 0.2) is 48.5 Å². The van der Waals surface area contributed by atoms with E-state index in [1.54, 1.807) is 31.4 Å². The third kappa shape index (κ3) is 3.98. The van der Waals surface area contributed by atoms with Crippen molar-refractivity contribution >= 4 is 28.2 Å². The predicted octanol–water partition coefficient (Wildman–Crippen LogP) is 4.28. The van der Waals surface area contributed by atoms with Gasteiger partial charge in [-0.15, -0.1) is 0 Å². The van der Waals surface area contributed by atoms with Gasteiger partial charge in [0.25, 0.3) is 5.91 Å². The Morgan fingerprint density at radius 3 is 2.80 bits per heavy atom. The molecule has 1 N–H and O–H groups in total. The van der Waals surface area contributed by atoms with Crippen LogP contribution >= 0.6 is 0 Å². The van der Waals surface area contributed by atoms with Crippen molar-refractivity contribution in [2.24, 2.45) is 0 Å². The van der Waals surface area contributed by atoms with E-state index in [9.17, 15) is 4.79 Å². The first kappa shape index (κ1) is 19.9. The number of nitriles is 1. The summed E-state index contributed by atoms with van der Waals surface area (Å²) in [6.45, 7) is 3.71. The number of aromatic nitrogens is 1. The van der Waals surface area contributed by atoms with Gasteiger partial charge < -0.3 is 15.0 Å². The van der Waals surface area contributed by atoms with E-state index in [4.69, 9.17) is 15.0 Å². The van der Waals surface area contributed by atoms with Crippen LogP contribution < -0.4 is 10.2 Å². The topological polar surface area (TPSA) is 78.2 Å². The maximum Gasteiger partial charge on any atom is 0.255 e. The number of anilines is 2. The summed E-state index contributed by atoms with van der Waals surface area (Å²) >= 11 is 0. The van der Waals surface area contributed by atoms with Crippen LogP contribution in [0.5, 0.6) is 0 Å². The van der Waals surface area contributed by atoms with Gasteiger partial charge in [0.15, 0.2) is 0 Å². The SMILES string of the molecule is COC[C@H]1CCCN1c1cc(C)nc2cc(NC(=O)c3ccc(C#N)cc3)ccc12. The van der Waals surface area contributed by atoms with Gasteiger partial charge in [0.05, 0.1) is 29.8 Å². The standard InChI is InChI=1S/C24H24N4O2/c1-16-12-23(28-11-3-4-20(28)15-30-2)21-10-9-19(13-22(21)26-16)27-24(29)18-7-5-17(14-25)6-8-18/h5-10,12-13,20H,3-4,11,15H2,1-2H3,(H,27,29)/t20-/m1/s1. The minimum Gasteiger partial charge on any atom is -0.383 e. The number of fused-ring (bicyclic) bond motifs is 1. The number of pyridine rings is 1. The number of nitrogens with zero attached hydrogens (tertiary/aromatic N) is 3. The number of hydrogen-bond acceptors (Lipinski definition) is 5. The van der Waals surface area contributed by atoms with Crippen molar-refractivity contribution in [1.82, 2.24) is 4.98 Å². The largest absolute Gasteiger partial charge is 0.383 e. The lowest BCUT2D eigenvalue weighted by atomic mass is 10.1. The minimum atomic E-state index is -0.216. The third-order valence-electron chi connectivity index (χ3n) is 5.50. The zero-order chi connectivity index (χ0) is 21.1. The molecule has 3 aromatic rings. The zero-order valence-corrected chi connectivity index (χ0v) is 17.2. The Kier molecular flexibility index (Phi) is 5.64. The molecule has 0 radical (unpaired) electrons. The number of ether oxygens (including phenoxy) is 1. The number of carbonyl (C=O) groups is 1. The number of nitrogens with one attached hydrogen (secondary N) is 1. The molecule has 1 fully saturated rings. The van der Waals surface area contributed by atoms with Crippen molar-refractivity contribution in [1.29, 1.82) is 5.26 Å². The van der Waals surface area contributed by atoms with E-state index in [0.29, 0.717) is 29.5 Å². The van der Waals surface area contributed by atoms with E-state index < -0.39 is 0 Å². The molecule has 1 amide bonds. The fraction of sp³-hybridized carbons (Fsp3) is 0.292. The van der Waals surface area contributed by atoms with Crippen molar-refractivity contribution < 1.29 is 9.53 Å². The van der Waals surface area contributed by atoms with Crippen LogP contribution in [0.2, 0.25) is 0 Å². The average Bonchev–Trinajstić information content (AvgIpc) is 3.21. The van der Waals surface area contributed by atoms with Crippen LogP contribution in [0.1, 0.15) is 34.5 Å². The molecule has 6 heteroatoms. The van der Waals surface area contributed by atoms with E-state index in [0.717, 1.165) is 36.0 Å². The van der Waals surface area contributed by atoms with Gasteiger partial charge in [-0.25, -0.2) is 0 Å². The van der Waals surface area contributed by atoms with Crippen molar-refractivity contribution in [3.63, 3.8) is 0 Å². The zero-order valence-electron chi connectivity index (χ0n) is 17.2. The fourth-order valence-electron chi connectivity index (χ4n) is 4.07. The van der Waals surface area contributed by atoms with Gasteiger partial charge in [0.2, 0.25) is 0 Å². The molecule has 2 aromatic carbocycles. The lowest BCUT2D eigenvalue weighted by Gasteiger charge is -2.28. The van der Waals surface area contributed by atoms with Crippen molar-refractivity contribution in [2.75, 3.05) is 30.5 Å². The van der Waals surface area contributed by atoms with Crippen molar-refractivity contribution in [3.8, 4) is 6.07 Å². The molecule has 4 rings (SSSR count). The number of methoxy groups -OCH3 is 1. The molecule has 152 valence electrons. The van der Waals surface area contributed by atoms with Gasteiger partial charge in [0, 0.05) is 41.7 Å². The summed E-state index contributed by atoms with van der Waals surface area (Å²) in [7, 11) is 1.75. The first-order valence-corrected chi connectivity index (χ1v) is 10.1. The lowest BCUT2D eigenvalue weighted by Crippen LogP contribution is -2.33. The molecular weight excluding hydrogens is 376 g/mol. The molecule has 6 nitrogen and oxygen atoms in total. The van der Waals surface area contributed by atoms with Crippen molar-refractivity contribution in [3.05, 3.63) is 65.4 Å². The normalized spacial score (nSPS) is 15.9. The molecule has 0 spiro atoms. The first-order chi connectivity index (χ1) is 14.6. The summed E-state index contributed by atoms with van der Waals surface area (Å²) in [5.41, 5.74) is 4.68. The highest BCUT2D eigenvalue weighted by molar-refractivity contribution is 6.05. The van der Waals surface area contributed by atoms with Gasteiger partial charge >= 0.3 is 0 Å². The van der Waals surface area contributed by atoms with Gasteiger partial charge in [-0.05, 0) is 68.3 Å². The molecule has 0 aliphatic carbocycles. The van der Waals surface area contributed by atoms with Crippen LogP contribution in [-0.4, -0.2) is 37.2 Å². The lowest BCUT2D eigenvalue weighted by molar-refractivity contribution is 0.102. The third-order valence-corrected chi connectivity index (χ3v) is 5.50. The summed E-state index contributed by atoms with van der Waals surface area (Å²) in [6, 6.07) is 17.0. The molecule has 1 aromatic heterocycles. The molecule has 0 bridgehead atoms. The Morgan fingerprint density at radius 2 is 2.07 bits per heavy atom. The smallest absolute Gasteiger partial charge is 0.255 e. The van der Waals surface area contributed by atoms with Crippen molar-refractivity contribution in [2.45, 2.75) is 25.8 Å². The van der Waals surface area contributed by atoms with E-state index in [1.807, 2.05) is 25.1 Å². The van der Waals surface area contributed by atoms with Gasteiger partial charge in [-0.2, -0.15) is 5.26 Å². The Hall–Kier alpha value is -3.43. The molecule has 1 aliphatic heterocycles. The Balaban J connectivity index is 1.63. The van der Waals surface area contributed by atoms with Crippen LogP contribution in [0, 0.1) is 18.3 Å². The van der Waals surface area contributed by atoms with E-state index in [2.05, 4.69) is 22.4 Å². The predicted molar refractivity (Wildman–Crippen MR) is 118 cm³/mol. The summed E-state index contributed by atoms with van der Waals surface area (Å²) in [5.74, 6) is -0.216. The summed E-state index contributed by atoms with van der Waals surface area (Å²) in [5, 5.41) is 12.9. The Morgan fingerprint density at radius 1 is 1.27 bits per heavy atom. The molecule has 0 saturated carbocycles. The minimum absolute atomic E-state index is 0.216. The summed E-state index contributed by atoms with van der Waals surface area (Å²) in [4.78, 5) is 19.7. The van der Waals surface area contributed by atoms with E-state index in [1.165, 1.54) is 5.69 Å². The number of aryl methyl sites for hydroxylation is 1. The Labute approximate surface area is 176 Å². The summed E-state index contributed by atoms with van der Waals surface area (Å²) in [6.07, 6.45) is 2.27. The average molecular weight is 400 g/mol. The summed E-state index contributed by atoms with van der Waals surface area (Å²) < 4.78 is 5.42. The maximum atomic E-state index is 12.6. The maximum absolute atomic E-state index is 12.6. The second kappa shape index (κ2) is 8.52. The number of amides is 1. The van der Waals surface area contributed by atoms with Crippen LogP contribution in [-0.2, 0) is 4.74 Å². The molecule has 30 heavy (non-hydrogen) atoms. The number of carbonyl (C=O) groups excluding carboxylic acids is 1. The first-order valence-electron chi connectivity index (χ1n) is 10.1. The number of benzene rings is 2. The van der Waals surface area contributed by atoms with Gasteiger partial charge in [0.1, 0.15) is 0 Å². The Bertz CT molecular complexity index is 1120. The molecular formula is C24H24N4O2. The monoisotopic (exact) mass is 400 g/mol. The highest BCUT2D eigenvalue weighted by Crippen LogP contribution is 2.33. The van der Waals surface area contributed by atoms with Crippen LogP contribution in [0.25, 0.3) is 10.9 Å². The second-order valence-electron chi connectivity index (χ2n) is 7.60. The van der Waals surface area contributed by atoms with Crippen LogP contribution in [0.4, 0.5) is 11.4 Å². The van der Waals surface area contributed by atoms with Crippen LogP contribution in [0.3, 0.4) is 0 Å².